The number of rotatable bonds is 5. The highest BCUT2D eigenvalue weighted by Crippen LogP contribution is 2.17. The van der Waals surface area contributed by atoms with Crippen molar-refractivity contribution in [2.45, 2.75) is 18.5 Å². The maximum absolute atomic E-state index is 11.8. The van der Waals surface area contributed by atoms with Crippen LogP contribution in [0.2, 0.25) is 5.02 Å². The number of carbonyl (C=O) groups is 1. The van der Waals surface area contributed by atoms with Gasteiger partial charge in [0.25, 0.3) is 0 Å². The zero-order valence-electron chi connectivity index (χ0n) is 10.8. The SMILES string of the molecule is CCc1nnc(SCC(=O)Nc2ccc(Cl)cc2)n1N. The molecule has 0 unspecified atom stereocenters. The predicted octanol–water partition coefficient (Wildman–Crippen LogP) is 1.94. The third-order valence-electron chi connectivity index (χ3n) is 2.51. The number of nitrogens with one attached hydrogen (secondary N) is 1. The van der Waals surface area contributed by atoms with Gasteiger partial charge in [0.05, 0.1) is 5.75 Å². The summed E-state index contributed by atoms with van der Waals surface area (Å²) in [6.45, 7) is 1.94. The molecule has 1 heterocycles. The summed E-state index contributed by atoms with van der Waals surface area (Å²) in [7, 11) is 0. The van der Waals surface area contributed by atoms with E-state index in [1.807, 2.05) is 6.92 Å². The monoisotopic (exact) mass is 311 g/mol. The highest BCUT2D eigenvalue weighted by atomic mass is 35.5. The number of anilines is 1. The summed E-state index contributed by atoms with van der Waals surface area (Å²) in [4.78, 5) is 11.8. The van der Waals surface area contributed by atoms with Crippen molar-refractivity contribution in [3.63, 3.8) is 0 Å². The second kappa shape index (κ2) is 6.62. The minimum absolute atomic E-state index is 0.140. The van der Waals surface area contributed by atoms with Crippen molar-refractivity contribution in [3.05, 3.63) is 35.1 Å². The molecule has 6 nitrogen and oxygen atoms in total. The van der Waals surface area contributed by atoms with E-state index in [0.29, 0.717) is 28.1 Å². The third kappa shape index (κ3) is 3.64. The van der Waals surface area contributed by atoms with Crippen LogP contribution >= 0.6 is 23.4 Å². The molecule has 1 aromatic heterocycles. The smallest absolute Gasteiger partial charge is 0.234 e. The number of amides is 1. The fourth-order valence-corrected chi connectivity index (χ4v) is 2.31. The van der Waals surface area contributed by atoms with Gasteiger partial charge in [0, 0.05) is 17.1 Å². The number of hydrogen-bond donors (Lipinski definition) is 2. The number of hydrogen-bond acceptors (Lipinski definition) is 5. The summed E-state index contributed by atoms with van der Waals surface area (Å²) in [5.74, 6) is 6.55. The Hall–Kier alpha value is -1.73. The van der Waals surface area contributed by atoms with E-state index in [9.17, 15) is 4.79 Å². The Balaban J connectivity index is 1.88. The van der Waals surface area contributed by atoms with Crippen LogP contribution in [0.3, 0.4) is 0 Å². The molecule has 0 spiro atoms. The highest BCUT2D eigenvalue weighted by molar-refractivity contribution is 7.99. The van der Waals surface area contributed by atoms with Crippen LogP contribution in [0.25, 0.3) is 0 Å². The summed E-state index contributed by atoms with van der Waals surface area (Å²) >= 11 is 7.01. The normalized spacial score (nSPS) is 10.5. The van der Waals surface area contributed by atoms with Crippen LogP contribution in [-0.2, 0) is 11.2 Å². The summed E-state index contributed by atoms with van der Waals surface area (Å²) < 4.78 is 1.40. The molecule has 0 radical (unpaired) electrons. The molecule has 2 aromatic rings. The van der Waals surface area contributed by atoms with E-state index in [-0.39, 0.29) is 11.7 Å². The molecule has 0 saturated heterocycles. The lowest BCUT2D eigenvalue weighted by Gasteiger charge is -2.05. The van der Waals surface area contributed by atoms with Gasteiger partial charge in [-0.3, -0.25) is 4.79 Å². The number of thioether (sulfide) groups is 1. The number of halogens is 1. The van der Waals surface area contributed by atoms with Gasteiger partial charge in [-0.1, -0.05) is 30.3 Å². The first-order valence-corrected chi connectivity index (χ1v) is 7.34. The van der Waals surface area contributed by atoms with Crippen LogP contribution in [0.4, 0.5) is 5.69 Å². The molecular weight excluding hydrogens is 298 g/mol. The summed E-state index contributed by atoms with van der Waals surface area (Å²) in [5, 5.41) is 11.8. The fraction of sp³-hybridized carbons (Fsp3) is 0.250. The number of carbonyl (C=O) groups excluding carboxylic acids is 1. The Kier molecular flexibility index (Phi) is 4.86. The molecule has 1 aromatic carbocycles. The first-order valence-electron chi connectivity index (χ1n) is 5.97. The quantitative estimate of drug-likeness (QED) is 0.651. The first-order chi connectivity index (χ1) is 9.60. The van der Waals surface area contributed by atoms with Crippen LogP contribution in [0.15, 0.2) is 29.4 Å². The topological polar surface area (TPSA) is 85.8 Å². The lowest BCUT2D eigenvalue weighted by molar-refractivity contribution is -0.113. The zero-order valence-corrected chi connectivity index (χ0v) is 12.4. The van der Waals surface area contributed by atoms with Crippen LogP contribution < -0.4 is 11.2 Å². The average Bonchev–Trinajstić information content (AvgIpc) is 2.79. The van der Waals surface area contributed by atoms with Gasteiger partial charge < -0.3 is 11.2 Å². The van der Waals surface area contributed by atoms with Gasteiger partial charge >= 0.3 is 0 Å². The molecule has 0 fully saturated rings. The Bertz CT molecular complexity index is 598. The largest absolute Gasteiger partial charge is 0.336 e. The second-order valence-electron chi connectivity index (χ2n) is 3.97. The van der Waals surface area contributed by atoms with Crippen LogP contribution in [-0.4, -0.2) is 26.5 Å². The van der Waals surface area contributed by atoms with Crippen molar-refractivity contribution in [2.24, 2.45) is 0 Å². The average molecular weight is 312 g/mol. The van der Waals surface area contributed by atoms with E-state index >= 15 is 0 Å². The minimum atomic E-state index is -0.140. The highest BCUT2D eigenvalue weighted by Gasteiger charge is 2.11. The van der Waals surface area contributed by atoms with Gasteiger partial charge in [-0.2, -0.15) is 0 Å². The molecule has 20 heavy (non-hydrogen) atoms. The Morgan fingerprint density at radius 2 is 2.10 bits per heavy atom. The lowest BCUT2D eigenvalue weighted by atomic mass is 10.3. The van der Waals surface area contributed by atoms with Crippen LogP contribution in [0.5, 0.6) is 0 Å². The maximum atomic E-state index is 11.8. The first kappa shape index (κ1) is 14.7. The number of nitrogen functional groups attached to an aromatic ring is 1. The maximum Gasteiger partial charge on any atom is 0.234 e. The Morgan fingerprint density at radius 3 is 2.70 bits per heavy atom. The predicted molar refractivity (Wildman–Crippen MR) is 80.4 cm³/mol. The summed E-state index contributed by atoms with van der Waals surface area (Å²) in [6, 6.07) is 6.92. The molecule has 8 heteroatoms. The summed E-state index contributed by atoms with van der Waals surface area (Å²) in [6.07, 6.45) is 0.695. The number of benzene rings is 1. The number of aromatic nitrogens is 3. The molecule has 0 aliphatic rings. The van der Waals surface area contributed by atoms with E-state index < -0.39 is 0 Å². The molecule has 2 rings (SSSR count). The molecular formula is C12H14ClN5OS. The van der Waals surface area contributed by atoms with E-state index in [0.717, 1.165) is 0 Å². The third-order valence-corrected chi connectivity index (χ3v) is 3.71. The standard InChI is InChI=1S/C12H14ClN5OS/c1-2-10-16-17-12(18(10)14)20-7-11(19)15-9-5-3-8(13)4-6-9/h3-6H,2,7,14H2,1H3,(H,15,19). The summed E-state index contributed by atoms with van der Waals surface area (Å²) in [5.41, 5.74) is 0.698. The molecule has 0 atom stereocenters. The van der Waals surface area contributed by atoms with E-state index in [4.69, 9.17) is 17.4 Å². The minimum Gasteiger partial charge on any atom is -0.336 e. The van der Waals surface area contributed by atoms with E-state index in [1.165, 1.54) is 16.4 Å². The van der Waals surface area contributed by atoms with Gasteiger partial charge in [0.2, 0.25) is 11.1 Å². The second-order valence-corrected chi connectivity index (χ2v) is 5.35. The Labute approximate surface area is 125 Å². The van der Waals surface area contributed by atoms with Crippen LogP contribution in [0, 0.1) is 0 Å². The molecule has 106 valence electrons. The fourth-order valence-electron chi connectivity index (χ4n) is 1.51. The molecule has 3 N–H and O–H groups in total. The van der Waals surface area contributed by atoms with Gasteiger partial charge in [0.15, 0.2) is 5.82 Å². The Morgan fingerprint density at radius 1 is 1.40 bits per heavy atom. The van der Waals surface area contributed by atoms with Gasteiger partial charge in [-0.15, -0.1) is 10.2 Å². The van der Waals surface area contributed by atoms with Crippen molar-refractivity contribution in [1.82, 2.24) is 14.9 Å². The van der Waals surface area contributed by atoms with Gasteiger partial charge in [-0.25, -0.2) is 4.68 Å². The molecule has 0 aliphatic heterocycles. The van der Waals surface area contributed by atoms with Crippen molar-refractivity contribution in [3.8, 4) is 0 Å². The number of nitrogens with two attached hydrogens (primary N) is 1. The van der Waals surface area contributed by atoms with E-state index in [1.54, 1.807) is 24.3 Å². The lowest BCUT2D eigenvalue weighted by Crippen LogP contribution is -2.17. The van der Waals surface area contributed by atoms with Crippen molar-refractivity contribution < 1.29 is 4.79 Å². The van der Waals surface area contributed by atoms with Crippen molar-refractivity contribution in [2.75, 3.05) is 16.9 Å². The van der Waals surface area contributed by atoms with Crippen molar-refractivity contribution >= 4 is 35.0 Å². The number of aryl methyl sites for hydroxylation is 1. The number of nitrogens with zero attached hydrogens (tertiary/aromatic N) is 3. The molecule has 0 aliphatic carbocycles. The van der Waals surface area contributed by atoms with E-state index in [2.05, 4.69) is 15.5 Å². The zero-order chi connectivity index (χ0) is 14.5. The van der Waals surface area contributed by atoms with Crippen molar-refractivity contribution in [1.29, 1.82) is 0 Å². The molecule has 1 amide bonds. The van der Waals surface area contributed by atoms with Gasteiger partial charge in [0.1, 0.15) is 0 Å². The van der Waals surface area contributed by atoms with Crippen LogP contribution in [0.1, 0.15) is 12.7 Å². The van der Waals surface area contributed by atoms with Gasteiger partial charge in [-0.05, 0) is 24.3 Å². The molecule has 0 bridgehead atoms. The molecule has 0 saturated carbocycles.